The number of aromatic nitrogens is 1. The van der Waals surface area contributed by atoms with Gasteiger partial charge in [-0.1, -0.05) is 40.2 Å². The van der Waals surface area contributed by atoms with Crippen LogP contribution in [-0.2, 0) is 0 Å². The minimum Gasteiger partial charge on any atom is -0.434 e. The number of para-hydroxylation sites is 1. The van der Waals surface area contributed by atoms with Crippen molar-refractivity contribution in [2.24, 2.45) is 5.10 Å². The monoisotopic (exact) mass is 423 g/mol. The smallest absolute Gasteiger partial charge is 0.387 e. The molecule has 0 aliphatic carbocycles. The quantitative estimate of drug-likeness (QED) is 0.413. The summed E-state index contributed by atoms with van der Waals surface area (Å²) in [4.78, 5) is 4.44. The molecule has 3 rings (SSSR count). The largest absolute Gasteiger partial charge is 0.434 e. The van der Waals surface area contributed by atoms with E-state index < -0.39 is 6.61 Å². The van der Waals surface area contributed by atoms with Gasteiger partial charge in [0, 0.05) is 21.0 Å². The number of halogens is 3. The number of benzene rings is 2. The number of hydrazone groups is 1. The molecule has 0 unspecified atom stereocenters. The molecule has 4 nitrogen and oxygen atoms in total. The standard InChI is InChI=1S/C17H12BrF2N3OS/c18-13-7-5-11(6-8-13)14-10-25-17(22-14)23-21-9-12-3-1-2-4-15(12)24-16(19)20/h1-10,16H,(H,22,23)/b21-9+. The van der Waals surface area contributed by atoms with Gasteiger partial charge < -0.3 is 4.74 Å². The first-order valence-corrected chi connectivity index (χ1v) is 8.83. The topological polar surface area (TPSA) is 46.5 Å². The normalized spacial score (nSPS) is 11.2. The van der Waals surface area contributed by atoms with Crippen LogP contribution in [0.15, 0.2) is 63.5 Å². The summed E-state index contributed by atoms with van der Waals surface area (Å²) in [5, 5.41) is 6.55. The van der Waals surface area contributed by atoms with E-state index in [9.17, 15) is 8.78 Å². The van der Waals surface area contributed by atoms with E-state index >= 15 is 0 Å². The number of alkyl halides is 2. The first-order chi connectivity index (χ1) is 12.1. The van der Waals surface area contributed by atoms with Gasteiger partial charge in [-0.2, -0.15) is 13.9 Å². The number of thiazole rings is 1. The SMILES string of the molecule is FC(F)Oc1ccccc1/C=N/Nc1nc(-c2ccc(Br)cc2)cs1. The lowest BCUT2D eigenvalue weighted by atomic mass is 10.2. The van der Waals surface area contributed by atoms with Crippen LogP contribution >= 0.6 is 27.3 Å². The van der Waals surface area contributed by atoms with E-state index in [1.54, 1.807) is 18.2 Å². The van der Waals surface area contributed by atoms with E-state index in [-0.39, 0.29) is 5.75 Å². The van der Waals surface area contributed by atoms with E-state index in [1.807, 2.05) is 29.6 Å². The molecule has 0 bridgehead atoms. The van der Waals surface area contributed by atoms with Gasteiger partial charge >= 0.3 is 6.61 Å². The average Bonchev–Trinajstić information content (AvgIpc) is 3.05. The number of nitrogens with zero attached hydrogens (tertiary/aromatic N) is 2. The lowest BCUT2D eigenvalue weighted by Gasteiger charge is -2.06. The maximum absolute atomic E-state index is 12.4. The first kappa shape index (κ1) is 17.5. The Morgan fingerprint density at radius 1 is 1.16 bits per heavy atom. The molecule has 0 saturated carbocycles. The van der Waals surface area contributed by atoms with E-state index in [0.29, 0.717) is 10.7 Å². The fourth-order valence-corrected chi connectivity index (χ4v) is 2.96. The van der Waals surface area contributed by atoms with Gasteiger partial charge in [-0.15, -0.1) is 11.3 Å². The van der Waals surface area contributed by atoms with Crippen LogP contribution in [-0.4, -0.2) is 17.8 Å². The summed E-state index contributed by atoms with van der Waals surface area (Å²) in [5.74, 6) is 0.0674. The average molecular weight is 424 g/mol. The number of nitrogens with one attached hydrogen (secondary N) is 1. The molecule has 3 aromatic rings. The lowest BCUT2D eigenvalue weighted by Crippen LogP contribution is -2.04. The van der Waals surface area contributed by atoms with Crippen LogP contribution in [0, 0.1) is 0 Å². The van der Waals surface area contributed by atoms with E-state index in [2.05, 4.69) is 36.2 Å². The number of anilines is 1. The Balaban J connectivity index is 1.68. The van der Waals surface area contributed by atoms with Gasteiger partial charge in [0.25, 0.3) is 0 Å². The predicted octanol–water partition coefficient (Wildman–Crippen LogP) is 5.62. The minimum absolute atomic E-state index is 0.0674. The van der Waals surface area contributed by atoms with E-state index in [1.165, 1.54) is 23.6 Å². The van der Waals surface area contributed by atoms with Gasteiger partial charge in [0.2, 0.25) is 5.13 Å². The van der Waals surface area contributed by atoms with E-state index in [0.717, 1.165) is 15.7 Å². The van der Waals surface area contributed by atoms with Crippen molar-refractivity contribution < 1.29 is 13.5 Å². The summed E-state index contributed by atoms with van der Waals surface area (Å²) in [6.45, 7) is -2.88. The van der Waals surface area contributed by atoms with Gasteiger partial charge in [0.15, 0.2) is 0 Å². The third kappa shape index (κ3) is 4.83. The zero-order valence-electron chi connectivity index (χ0n) is 12.7. The van der Waals surface area contributed by atoms with Crippen LogP contribution in [0.1, 0.15) is 5.56 Å². The fraction of sp³-hybridized carbons (Fsp3) is 0.0588. The summed E-state index contributed by atoms with van der Waals surface area (Å²) in [6.07, 6.45) is 1.42. The number of hydrogen-bond acceptors (Lipinski definition) is 5. The van der Waals surface area contributed by atoms with Crippen molar-refractivity contribution in [3.63, 3.8) is 0 Å². The van der Waals surface area contributed by atoms with Gasteiger partial charge in [0.05, 0.1) is 11.9 Å². The Morgan fingerprint density at radius 2 is 1.92 bits per heavy atom. The lowest BCUT2D eigenvalue weighted by molar-refractivity contribution is -0.0499. The summed E-state index contributed by atoms with van der Waals surface area (Å²) < 4.78 is 30.2. The molecule has 0 aliphatic rings. The van der Waals surface area contributed by atoms with Gasteiger partial charge in [-0.25, -0.2) is 4.98 Å². The molecule has 0 atom stereocenters. The fourth-order valence-electron chi connectivity index (χ4n) is 2.03. The maximum Gasteiger partial charge on any atom is 0.387 e. The second-order valence-electron chi connectivity index (χ2n) is 4.83. The van der Waals surface area contributed by atoms with Gasteiger partial charge in [-0.05, 0) is 24.3 Å². The number of ether oxygens (including phenoxy) is 1. The highest BCUT2D eigenvalue weighted by atomic mass is 79.9. The Labute approximate surface area is 155 Å². The molecule has 0 saturated heterocycles. The zero-order valence-corrected chi connectivity index (χ0v) is 15.1. The molecule has 128 valence electrons. The summed E-state index contributed by atoms with van der Waals surface area (Å²) in [6, 6.07) is 14.2. The third-order valence-corrected chi connectivity index (χ3v) is 4.42. The Kier molecular flexibility index (Phi) is 5.72. The molecule has 1 heterocycles. The molecule has 0 spiro atoms. The van der Waals surface area contributed by atoms with E-state index in [4.69, 9.17) is 0 Å². The number of hydrogen-bond donors (Lipinski definition) is 1. The van der Waals surface area contributed by atoms with Crippen molar-refractivity contribution in [1.29, 1.82) is 0 Å². The van der Waals surface area contributed by atoms with Crippen molar-refractivity contribution in [2.45, 2.75) is 6.61 Å². The molecule has 0 aliphatic heterocycles. The Bertz CT molecular complexity index is 868. The second kappa shape index (κ2) is 8.17. The predicted molar refractivity (Wildman–Crippen MR) is 99.5 cm³/mol. The van der Waals surface area contributed by atoms with Crippen LogP contribution in [0.4, 0.5) is 13.9 Å². The summed E-state index contributed by atoms with van der Waals surface area (Å²) >= 11 is 4.79. The van der Waals surface area contributed by atoms with Crippen LogP contribution in [0.25, 0.3) is 11.3 Å². The third-order valence-electron chi connectivity index (χ3n) is 3.14. The van der Waals surface area contributed by atoms with Crippen molar-refractivity contribution in [1.82, 2.24) is 4.98 Å². The van der Waals surface area contributed by atoms with Gasteiger partial charge in [-0.3, -0.25) is 5.43 Å². The molecule has 25 heavy (non-hydrogen) atoms. The van der Waals surface area contributed by atoms with Crippen LogP contribution < -0.4 is 10.2 Å². The summed E-state index contributed by atoms with van der Waals surface area (Å²) in [7, 11) is 0. The molecule has 8 heteroatoms. The minimum atomic E-state index is -2.88. The Morgan fingerprint density at radius 3 is 2.68 bits per heavy atom. The molecule has 0 fully saturated rings. The Hall–Kier alpha value is -2.32. The van der Waals surface area contributed by atoms with Crippen molar-refractivity contribution >= 4 is 38.6 Å². The summed E-state index contributed by atoms with van der Waals surface area (Å²) in [5.41, 5.74) is 5.07. The molecule has 2 aromatic carbocycles. The van der Waals surface area contributed by atoms with Crippen LogP contribution in [0.2, 0.25) is 0 Å². The zero-order chi connectivity index (χ0) is 17.6. The molecule has 1 aromatic heterocycles. The van der Waals surface area contributed by atoms with Crippen molar-refractivity contribution in [3.8, 4) is 17.0 Å². The second-order valence-corrected chi connectivity index (χ2v) is 6.60. The number of rotatable bonds is 6. The van der Waals surface area contributed by atoms with Crippen molar-refractivity contribution in [3.05, 3.63) is 63.9 Å². The van der Waals surface area contributed by atoms with Crippen LogP contribution in [0.5, 0.6) is 5.75 Å². The van der Waals surface area contributed by atoms with Crippen molar-refractivity contribution in [2.75, 3.05) is 5.43 Å². The van der Waals surface area contributed by atoms with Crippen LogP contribution in [0.3, 0.4) is 0 Å². The highest BCUT2D eigenvalue weighted by molar-refractivity contribution is 9.10. The first-order valence-electron chi connectivity index (χ1n) is 7.16. The molecular weight excluding hydrogens is 412 g/mol. The maximum atomic E-state index is 12.4. The highest BCUT2D eigenvalue weighted by Crippen LogP contribution is 2.26. The molecule has 0 amide bonds. The highest BCUT2D eigenvalue weighted by Gasteiger charge is 2.08. The van der Waals surface area contributed by atoms with Gasteiger partial charge in [0.1, 0.15) is 5.75 Å². The molecular formula is C17H12BrF2N3OS. The molecule has 0 radical (unpaired) electrons. The molecule has 1 N–H and O–H groups in total.